The van der Waals surface area contributed by atoms with E-state index in [-0.39, 0.29) is 35.8 Å². The van der Waals surface area contributed by atoms with Gasteiger partial charge in [-0.3, -0.25) is 0 Å². The molecule has 0 amide bonds. The molecule has 1 aliphatic rings. The van der Waals surface area contributed by atoms with Crippen LogP contribution in [0, 0.1) is 0 Å². The van der Waals surface area contributed by atoms with Crippen LogP contribution in [-0.4, -0.2) is 4.57 Å². The zero-order valence-electron chi connectivity index (χ0n) is 27.4. The van der Waals surface area contributed by atoms with Crippen molar-refractivity contribution in [1.29, 1.82) is 0 Å². The quantitative estimate of drug-likeness (QED) is 0.209. The second-order valence-electron chi connectivity index (χ2n) is 10.5. The summed E-state index contributed by atoms with van der Waals surface area (Å²) in [4.78, 5) is 2.23. The van der Waals surface area contributed by atoms with Crippen molar-refractivity contribution in [2.24, 2.45) is 0 Å². The van der Waals surface area contributed by atoms with Crippen LogP contribution in [0.3, 0.4) is 0 Å². The van der Waals surface area contributed by atoms with Crippen molar-refractivity contribution in [3.05, 3.63) is 152 Å². The summed E-state index contributed by atoms with van der Waals surface area (Å²) in [6.07, 6.45) is 0. The Hall–Kier alpha value is -5.05. The lowest BCUT2D eigenvalue weighted by Gasteiger charge is -2.23. The summed E-state index contributed by atoms with van der Waals surface area (Å²) in [5.41, 5.74) is 8.60. The summed E-state index contributed by atoms with van der Waals surface area (Å²) < 4.78 is 44.0. The minimum atomic E-state index is -0.384. The van der Waals surface area contributed by atoms with Crippen LogP contribution < -0.4 is 0 Å². The molecular formula is C40H25NS. The van der Waals surface area contributed by atoms with Crippen LogP contribution in [0.25, 0.3) is 71.6 Å². The molecule has 0 aliphatic carbocycles. The fourth-order valence-corrected chi connectivity index (χ4v) is 7.61. The molecule has 0 fully saturated rings. The van der Waals surface area contributed by atoms with Crippen LogP contribution in [0.1, 0.15) is 6.85 Å². The number of nitrogens with zero attached hydrogens (tertiary/aromatic N) is 1. The summed E-state index contributed by atoms with van der Waals surface area (Å²) in [5, 5.41) is 4.70. The van der Waals surface area contributed by atoms with Crippen molar-refractivity contribution in [1.82, 2.24) is 4.57 Å². The molecule has 0 saturated carbocycles. The van der Waals surface area contributed by atoms with E-state index in [1.807, 2.05) is 24.3 Å². The molecule has 42 heavy (non-hydrogen) atoms. The van der Waals surface area contributed by atoms with Gasteiger partial charge in [-0.2, -0.15) is 0 Å². The molecule has 1 aliphatic heterocycles. The molecule has 0 N–H and O–H groups in total. The first-order chi connectivity index (χ1) is 22.9. The maximum Gasteiger partial charge on any atom is 0.0629 e. The molecule has 0 radical (unpaired) electrons. The van der Waals surface area contributed by atoms with Crippen molar-refractivity contribution in [3.63, 3.8) is 0 Å². The Bertz CT molecular complexity index is 2580. The molecule has 8 aromatic rings. The van der Waals surface area contributed by atoms with Crippen LogP contribution in [0.4, 0.5) is 0 Å². The van der Waals surface area contributed by atoms with E-state index < -0.39 is 0 Å². The second-order valence-corrected chi connectivity index (χ2v) is 11.6. The number of hydrogen-bond acceptors (Lipinski definition) is 1. The Balaban J connectivity index is 1.30. The van der Waals surface area contributed by atoms with E-state index in [9.17, 15) is 0 Å². The number of para-hydroxylation sites is 3. The maximum absolute atomic E-state index is 8.57. The van der Waals surface area contributed by atoms with Crippen LogP contribution in [0.2, 0.25) is 0 Å². The van der Waals surface area contributed by atoms with Gasteiger partial charge in [0.05, 0.1) is 17.9 Å². The first kappa shape index (κ1) is 19.1. The van der Waals surface area contributed by atoms with Crippen LogP contribution >= 0.6 is 11.8 Å². The summed E-state index contributed by atoms with van der Waals surface area (Å²) in [6, 6.07) is 40.9. The Morgan fingerprint density at radius 3 is 2.12 bits per heavy atom. The van der Waals surface area contributed by atoms with Gasteiger partial charge in [-0.05, 0) is 69.6 Å². The molecule has 7 aromatic carbocycles. The van der Waals surface area contributed by atoms with Crippen LogP contribution in [-0.2, 0) is 0 Å². The van der Waals surface area contributed by atoms with Crippen molar-refractivity contribution >= 4 is 44.3 Å². The van der Waals surface area contributed by atoms with Gasteiger partial charge in [-0.15, -0.1) is 0 Å². The van der Waals surface area contributed by atoms with E-state index >= 15 is 0 Å². The fraction of sp³-hybridized carbons (Fsp3) is 0. The highest BCUT2D eigenvalue weighted by Gasteiger charge is 2.23. The predicted octanol–water partition coefficient (Wildman–Crippen LogP) is 11.4. The van der Waals surface area contributed by atoms with Gasteiger partial charge in [0.25, 0.3) is 0 Å². The molecule has 1 nitrogen and oxygen atoms in total. The van der Waals surface area contributed by atoms with Gasteiger partial charge in [0.15, 0.2) is 0 Å². The molecule has 0 atom stereocenters. The van der Waals surface area contributed by atoms with Gasteiger partial charge in [0.1, 0.15) is 0 Å². The highest BCUT2D eigenvalue weighted by Crippen LogP contribution is 2.51. The molecule has 0 unspecified atom stereocenters. The SMILES string of the molecule is [2H]c1c([2H])c([2H])c(-c2ccc3c(c2)-c2cccc4c(-c5cccc6c7ccccc7n(-c7ccccc7)c56)ccc(c24)S3)c([2H])c1[2H]. The van der Waals surface area contributed by atoms with Gasteiger partial charge in [-0.1, -0.05) is 127 Å². The minimum Gasteiger partial charge on any atom is -0.309 e. The van der Waals surface area contributed by atoms with E-state index in [0.29, 0.717) is 5.56 Å². The van der Waals surface area contributed by atoms with E-state index in [1.54, 1.807) is 11.8 Å². The van der Waals surface area contributed by atoms with E-state index in [0.717, 1.165) is 59.5 Å². The molecular weight excluding hydrogens is 527 g/mol. The molecule has 1 aromatic heterocycles. The lowest BCUT2D eigenvalue weighted by Crippen LogP contribution is -1.97. The van der Waals surface area contributed by atoms with Crippen molar-refractivity contribution < 1.29 is 6.85 Å². The molecule has 0 saturated heterocycles. The molecule has 2 heterocycles. The Kier molecular flexibility index (Phi) is 4.21. The summed E-state index contributed by atoms with van der Waals surface area (Å²) in [7, 11) is 0. The standard InChI is InChI=1S/C40H25NS/c1-3-11-26(12-4-1)27-21-23-37-35(25-27)32-17-9-16-31-29(22-24-38(42-37)39(31)32)33-18-10-19-34-30-15-7-8-20-36(30)41(40(33)34)28-13-5-2-6-14-28/h1-25H/i1D,3D,4D,11D,12D. The topological polar surface area (TPSA) is 4.93 Å². The van der Waals surface area contributed by atoms with Crippen LogP contribution in [0.5, 0.6) is 0 Å². The van der Waals surface area contributed by atoms with Gasteiger partial charge >= 0.3 is 0 Å². The van der Waals surface area contributed by atoms with Crippen LogP contribution in [0.15, 0.2) is 161 Å². The van der Waals surface area contributed by atoms with E-state index in [1.165, 1.54) is 10.8 Å². The van der Waals surface area contributed by atoms with Gasteiger partial charge in [0, 0.05) is 37.2 Å². The summed E-state index contributed by atoms with van der Waals surface area (Å²) in [5.74, 6) is 0. The Morgan fingerprint density at radius 1 is 0.500 bits per heavy atom. The van der Waals surface area contributed by atoms with Crippen molar-refractivity contribution in [2.75, 3.05) is 0 Å². The predicted molar refractivity (Wildman–Crippen MR) is 179 cm³/mol. The maximum atomic E-state index is 8.57. The molecule has 0 spiro atoms. The lowest BCUT2D eigenvalue weighted by atomic mass is 9.90. The average Bonchev–Trinajstić information content (AvgIpc) is 3.45. The number of hydrogen-bond donors (Lipinski definition) is 0. The lowest BCUT2D eigenvalue weighted by molar-refractivity contribution is 1.18. The number of rotatable bonds is 3. The number of aromatic nitrogens is 1. The normalized spacial score (nSPS) is 13.9. The highest BCUT2D eigenvalue weighted by molar-refractivity contribution is 7.99. The third-order valence-corrected chi connectivity index (χ3v) is 9.42. The number of fused-ring (bicyclic) bond motifs is 5. The Morgan fingerprint density at radius 2 is 1.24 bits per heavy atom. The van der Waals surface area contributed by atoms with E-state index in [4.69, 9.17) is 6.85 Å². The molecule has 196 valence electrons. The zero-order valence-corrected chi connectivity index (χ0v) is 23.2. The minimum absolute atomic E-state index is 0.192. The van der Waals surface area contributed by atoms with Gasteiger partial charge < -0.3 is 4.57 Å². The van der Waals surface area contributed by atoms with Crippen molar-refractivity contribution in [3.8, 4) is 39.1 Å². The number of benzene rings is 7. The highest BCUT2D eigenvalue weighted by atomic mass is 32.2. The fourth-order valence-electron chi connectivity index (χ4n) is 6.50. The van der Waals surface area contributed by atoms with Crippen molar-refractivity contribution in [2.45, 2.75) is 9.79 Å². The smallest absolute Gasteiger partial charge is 0.0629 e. The zero-order chi connectivity index (χ0) is 32.0. The third-order valence-electron chi connectivity index (χ3n) is 8.28. The van der Waals surface area contributed by atoms with Gasteiger partial charge in [0.2, 0.25) is 0 Å². The first-order valence-corrected chi connectivity index (χ1v) is 14.8. The molecule has 0 bridgehead atoms. The first-order valence-electron chi connectivity index (χ1n) is 16.5. The average molecular weight is 557 g/mol. The molecule has 9 rings (SSSR count). The monoisotopic (exact) mass is 556 g/mol. The summed E-state index contributed by atoms with van der Waals surface area (Å²) in [6.45, 7) is 0. The summed E-state index contributed by atoms with van der Waals surface area (Å²) >= 11 is 1.70. The van der Waals surface area contributed by atoms with E-state index in [2.05, 4.69) is 102 Å². The largest absolute Gasteiger partial charge is 0.309 e. The molecule has 2 heteroatoms. The second kappa shape index (κ2) is 9.24. The van der Waals surface area contributed by atoms with Gasteiger partial charge in [-0.25, -0.2) is 0 Å². The third kappa shape index (κ3) is 3.46. The Labute approximate surface area is 255 Å².